The van der Waals surface area contributed by atoms with Gasteiger partial charge in [0.1, 0.15) is 0 Å². The third kappa shape index (κ3) is 4.71. The number of nitrogen functional groups attached to an aromatic ring is 1. The van der Waals surface area contributed by atoms with Crippen LogP contribution < -0.4 is 5.73 Å². The van der Waals surface area contributed by atoms with Crippen molar-refractivity contribution in [3.05, 3.63) is 65.7 Å². The average molecular weight is 377 g/mol. The molecule has 1 heterocycles. The predicted octanol–water partition coefficient (Wildman–Crippen LogP) is 4.33. The predicted molar refractivity (Wildman–Crippen MR) is 109 cm³/mol. The van der Waals surface area contributed by atoms with Crippen LogP contribution >= 0.6 is 24.2 Å². The number of thioether (sulfide) groups is 1. The molecule has 0 spiro atoms. The van der Waals surface area contributed by atoms with E-state index < -0.39 is 0 Å². The van der Waals surface area contributed by atoms with Crippen molar-refractivity contribution >= 4 is 35.8 Å². The normalized spacial score (nSPS) is 20.0. The van der Waals surface area contributed by atoms with E-state index in [4.69, 9.17) is 5.73 Å². The van der Waals surface area contributed by atoms with Gasteiger partial charge in [0.05, 0.1) is 6.04 Å². The van der Waals surface area contributed by atoms with Gasteiger partial charge in [-0.15, -0.1) is 12.4 Å². The van der Waals surface area contributed by atoms with Crippen LogP contribution in [0.1, 0.15) is 30.5 Å². The molecule has 2 unspecified atom stereocenters. The third-order valence-corrected chi connectivity index (χ3v) is 5.82. The lowest BCUT2D eigenvalue weighted by Crippen LogP contribution is -2.44. The summed E-state index contributed by atoms with van der Waals surface area (Å²) in [5.74, 6) is 1.23. The first-order valence-electron chi connectivity index (χ1n) is 8.46. The van der Waals surface area contributed by atoms with Crippen molar-refractivity contribution in [3.63, 3.8) is 0 Å². The van der Waals surface area contributed by atoms with E-state index in [0.29, 0.717) is 18.1 Å². The first-order chi connectivity index (χ1) is 11.7. The van der Waals surface area contributed by atoms with Gasteiger partial charge in [-0.25, -0.2) is 0 Å². The van der Waals surface area contributed by atoms with Gasteiger partial charge in [0, 0.05) is 29.7 Å². The number of benzene rings is 2. The average Bonchev–Trinajstić information content (AvgIpc) is 2.61. The van der Waals surface area contributed by atoms with E-state index in [1.54, 1.807) is 0 Å². The Hall–Kier alpha value is -1.65. The zero-order chi connectivity index (χ0) is 16.9. The van der Waals surface area contributed by atoms with Crippen LogP contribution in [0, 0.1) is 0 Å². The largest absolute Gasteiger partial charge is 0.399 e. The van der Waals surface area contributed by atoms with Crippen LogP contribution in [0.4, 0.5) is 5.69 Å². The maximum atomic E-state index is 12.9. The number of aryl methyl sites for hydroxylation is 1. The summed E-state index contributed by atoms with van der Waals surface area (Å²) in [6.07, 6.45) is 1.21. The molecule has 2 aromatic carbocycles. The van der Waals surface area contributed by atoms with E-state index >= 15 is 0 Å². The number of anilines is 1. The molecule has 0 aliphatic carbocycles. The monoisotopic (exact) mass is 376 g/mol. The highest BCUT2D eigenvalue weighted by atomic mass is 35.5. The first-order valence-corrected chi connectivity index (χ1v) is 9.51. The number of hydrogen-bond acceptors (Lipinski definition) is 3. The summed E-state index contributed by atoms with van der Waals surface area (Å²) in [7, 11) is 0. The van der Waals surface area contributed by atoms with Gasteiger partial charge in [-0.2, -0.15) is 11.8 Å². The highest BCUT2D eigenvalue weighted by molar-refractivity contribution is 8.00. The number of rotatable bonds is 4. The van der Waals surface area contributed by atoms with Crippen molar-refractivity contribution in [2.24, 2.45) is 0 Å². The lowest BCUT2D eigenvalue weighted by atomic mass is 10.0. The van der Waals surface area contributed by atoms with Crippen molar-refractivity contribution in [2.45, 2.75) is 31.1 Å². The highest BCUT2D eigenvalue weighted by Gasteiger charge is 2.33. The molecule has 1 amide bonds. The fourth-order valence-electron chi connectivity index (χ4n) is 3.35. The number of halogens is 1. The Morgan fingerprint density at radius 3 is 2.56 bits per heavy atom. The molecular formula is C20H25ClN2OS. The Kier molecular flexibility index (Phi) is 7.21. The van der Waals surface area contributed by atoms with Crippen LogP contribution in [-0.4, -0.2) is 28.4 Å². The molecule has 0 radical (unpaired) electrons. The Labute approximate surface area is 160 Å². The maximum absolute atomic E-state index is 12.9. The van der Waals surface area contributed by atoms with E-state index in [9.17, 15) is 4.79 Å². The number of amides is 1. The minimum atomic E-state index is 0. The minimum Gasteiger partial charge on any atom is -0.399 e. The van der Waals surface area contributed by atoms with Crippen LogP contribution in [0.5, 0.6) is 0 Å². The smallest absolute Gasteiger partial charge is 0.223 e. The zero-order valence-electron chi connectivity index (χ0n) is 14.4. The molecule has 5 heteroatoms. The van der Waals surface area contributed by atoms with Crippen LogP contribution in [0.2, 0.25) is 0 Å². The van der Waals surface area contributed by atoms with Crippen molar-refractivity contribution in [1.29, 1.82) is 0 Å². The molecule has 3 nitrogen and oxygen atoms in total. The fraction of sp³-hybridized carbons (Fsp3) is 0.350. The SMILES string of the molecule is CC1SCCN(C(=O)CCc2ccccc2N)C1c1ccccc1.Cl. The lowest BCUT2D eigenvalue weighted by Gasteiger charge is -2.40. The van der Waals surface area contributed by atoms with E-state index in [1.807, 2.05) is 42.1 Å². The van der Waals surface area contributed by atoms with Gasteiger partial charge in [-0.1, -0.05) is 55.5 Å². The second-order valence-corrected chi connectivity index (χ2v) is 7.70. The number of hydrogen-bond donors (Lipinski definition) is 1. The number of carbonyl (C=O) groups excluding carboxylic acids is 1. The number of nitrogens with two attached hydrogens (primary N) is 1. The molecule has 2 N–H and O–H groups in total. The van der Waals surface area contributed by atoms with Crippen LogP contribution in [0.15, 0.2) is 54.6 Å². The molecule has 25 heavy (non-hydrogen) atoms. The van der Waals surface area contributed by atoms with Gasteiger partial charge in [0.2, 0.25) is 5.91 Å². The van der Waals surface area contributed by atoms with E-state index in [0.717, 1.165) is 23.5 Å². The molecule has 2 atom stereocenters. The van der Waals surface area contributed by atoms with Gasteiger partial charge in [0.15, 0.2) is 0 Å². The van der Waals surface area contributed by atoms with E-state index in [1.165, 1.54) is 5.56 Å². The topological polar surface area (TPSA) is 46.3 Å². The maximum Gasteiger partial charge on any atom is 0.223 e. The van der Waals surface area contributed by atoms with Crippen LogP contribution in [0.25, 0.3) is 0 Å². The molecular weight excluding hydrogens is 352 g/mol. The van der Waals surface area contributed by atoms with Gasteiger partial charge < -0.3 is 10.6 Å². The van der Waals surface area contributed by atoms with Crippen molar-refractivity contribution in [3.8, 4) is 0 Å². The molecule has 0 aromatic heterocycles. The molecule has 3 rings (SSSR count). The Balaban J connectivity index is 0.00000225. The lowest BCUT2D eigenvalue weighted by molar-refractivity contribution is -0.133. The summed E-state index contributed by atoms with van der Waals surface area (Å²) in [6, 6.07) is 18.3. The zero-order valence-corrected chi connectivity index (χ0v) is 16.1. The molecule has 134 valence electrons. The quantitative estimate of drug-likeness (QED) is 0.808. The van der Waals surface area contributed by atoms with Crippen molar-refractivity contribution in [1.82, 2.24) is 4.90 Å². The fourth-order valence-corrected chi connectivity index (χ4v) is 4.51. The van der Waals surface area contributed by atoms with Gasteiger partial charge in [-0.05, 0) is 23.6 Å². The molecule has 2 aromatic rings. The molecule has 1 aliphatic heterocycles. The first kappa shape index (κ1) is 19.7. The van der Waals surface area contributed by atoms with Crippen LogP contribution in [0.3, 0.4) is 0 Å². The minimum absolute atomic E-state index is 0. The third-order valence-electron chi connectivity index (χ3n) is 4.62. The molecule has 0 bridgehead atoms. The molecule has 1 saturated heterocycles. The summed E-state index contributed by atoms with van der Waals surface area (Å²) in [6.45, 7) is 3.04. The molecule has 0 saturated carbocycles. The second kappa shape index (κ2) is 9.16. The second-order valence-electron chi connectivity index (χ2n) is 6.22. The van der Waals surface area contributed by atoms with E-state index in [2.05, 4.69) is 36.1 Å². The van der Waals surface area contributed by atoms with Gasteiger partial charge in [-0.3, -0.25) is 4.79 Å². The number of nitrogens with zero attached hydrogens (tertiary/aromatic N) is 1. The number of para-hydroxylation sites is 1. The Morgan fingerprint density at radius 2 is 1.84 bits per heavy atom. The summed E-state index contributed by atoms with van der Waals surface area (Å²) >= 11 is 1.95. The summed E-state index contributed by atoms with van der Waals surface area (Å²) in [5.41, 5.74) is 9.05. The summed E-state index contributed by atoms with van der Waals surface area (Å²) in [5, 5.41) is 0.409. The Bertz CT molecular complexity index is 695. The van der Waals surface area contributed by atoms with Gasteiger partial charge >= 0.3 is 0 Å². The molecule has 1 fully saturated rings. The standard InChI is InChI=1S/C20H24N2OS.ClH/c1-15-20(17-8-3-2-4-9-17)22(13-14-24-15)19(23)12-11-16-7-5-6-10-18(16)21;/h2-10,15,20H,11-14,21H2,1H3;1H. The van der Waals surface area contributed by atoms with Crippen LogP contribution in [-0.2, 0) is 11.2 Å². The van der Waals surface area contributed by atoms with Crippen molar-refractivity contribution < 1.29 is 4.79 Å². The highest BCUT2D eigenvalue weighted by Crippen LogP contribution is 2.36. The van der Waals surface area contributed by atoms with E-state index in [-0.39, 0.29) is 24.4 Å². The van der Waals surface area contributed by atoms with Gasteiger partial charge in [0.25, 0.3) is 0 Å². The van der Waals surface area contributed by atoms with Crippen molar-refractivity contribution in [2.75, 3.05) is 18.0 Å². The number of carbonyl (C=O) groups is 1. The summed E-state index contributed by atoms with van der Waals surface area (Å²) < 4.78 is 0. The Morgan fingerprint density at radius 1 is 1.16 bits per heavy atom. The molecule has 1 aliphatic rings. The summed E-state index contributed by atoms with van der Waals surface area (Å²) in [4.78, 5) is 15.0.